The van der Waals surface area contributed by atoms with Crippen molar-refractivity contribution in [1.29, 1.82) is 0 Å². The molecule has 1 aliphatic rings. The molecule has 0 aromatic heterocycles. The van der Waals surface area contributed by atoms with Crippen molar-refractivity contribution >= 4 is 11.8 Å². The summed E-state index contributed by atoms with van der Waals surface area (Å²) in [5.41, 5.74) is -0.125. The van der Waals surface area contributed by atoms with Crippen molar-refractivity contribution in [2.45, 2.75) is 38.2 Å². The summed E-state index contributed by atoms with van der Waals surface area (Å²) in [5.74, 6) is 0.480. The quantitative estimate of drug-likeness (QED) is 0.515. The van der Waals surface area contributed by atoms with Crippen LogP contribution < -0.4 is 0 Å². The molecule has 0 aromatic carbocycles. The topological polar surface area (TPSA) is 63.4 Å². The smallest absolute Gasteiger partial charge is 0.251 e. The number of hydrogen-bond acceptors (Lipinski definition) is 4. The lowest BCUT2D eigenvalue weighted by Crippen LogP contribution is -2.42. The summed E-state index contributed by atoms with van der Waals surface area (Å²) >= 11 is 1.50. The molecule has 1 heterocycles. The number of hydrogen-bond donors (Lipinski definition) is 1. The summed E-state index contributed by atoms with van der Waals surface area (Å²) in [7, 11) is 0. The van der Waals surface area contributed by atoms with Crippen molar-refractivity contribution in [3.8, 4) is 0 Å². The molecule has 0 bridgehead atoms. The Hall–Kier alpha value is -0.290. The summed E-state index contributed by atoms with van der Waals surface area (Å²) in [6.07, 6.45) is -0.788. The minimum absolute atomic E-state index is 0.0856. The maximum absolute atomic E-state index is 10.7. The van der Waals surface area contributed by atoms with E-state index >= 15 is 0 Å². The van der Waals surface area contributed by atoms with Crippen molar-refractivity contribution in [3.63, 3.8) is 0 Å². The highest BCUT2D eigenvalue weighted by atomic mass is 32.2. The van der Waals surface area contributed by atoms with E-state index < -0.39 is 12.1 Å². The first-order chi connectivity index (χ1) is 5.84. The molecular weight excluding hydrogens is 190 g/mol. The number of rotatable bonds is 1. The molecular formula is C8H15NO3S. The molecule has 3 atom stereocenters. The summed E-state index contributed by atoms with van der Waals surface area (Å²) < 4.78 is 0. The van der Waals surface area contributed by atoms with E-state index in [-0.39, 0.29) is 15.6 Å². The predicted octanol–water partition coefficient (Wildman–Crippen LogP) is 1.15. The van der Waals surface area contributed by atoms with Crippen molar-refractivity contribution in [2.75, 3.05) is 5.75 Å². The standard InChI is InChI=1S/C8H15NO3S/c1-8(2,3)7-6(9(11)12)5(10)4-13-7/h5-7,10H,4H2,1-3H3/t5?,6-,7-/m0/s1. The van der Waals surface area contributed by atoms with Crippen molar-refractivity contribution in [1.82, 2.24) is 0 Å². The Morgan fingerprint density at radius 2 is 2.08 bits per heavy atom. The van der Waals surface area contributed by atoms with Gasteiger partial charge in [-0.05, 0) is 5.41 Å². The second-order valence-electron chi connectivity index (χ2n) is 4.46. The second-order valence-corrected chi connectivity index (χ2v) is 5.64. The van der Waals surface area contributed by atoms with E-state index in [2.05, 4.69) is 0 Å². The number of thioether (sulfide) groups is 1. The second kappa shape index (κ2) is 3.46. The molecule has 13 heavy (non-hydrogen) atoms. The van der Waals surface area contributed by atoms with Crippen LogP contribution in [0, 0.1) is 15.5 Å². The molecule has 0 spiro atoms. The van der Waals surface area contributed by atoms with E-state index in [0.717, 1.165) is 0 Å². The third kappa shape index (κ3) is 2.14. The highest BCUT2D eigenvalue weighted by Gasteiger charge is 2.49. The van der Waals surface area contributed by atoms with Crippen LogP contribution in [0.5, 0.6) is 0 Å². The number of aliphatic hydroxyl groups excluding tert-OH is 1. The third-order valence-corrected chi connectivity index (χ3v) is 4.13. The van der Waals surface area contributed by atoms with Gasteiger partial charge in [-0.1, -0.05) is 20.8 Å². The van der Waals surface area contributed by atoms with Crippen LogP contribution >= 0.6 is 11.8 Å². The first-order valence-corrected chi connectivity index (χ1v) is 5.32. The number of aliphatic hydroxyl groups is 1. The molecule has 5 heteroatoms. The van der Waals surface area contributed by atoms with Gasteiger partial charge in [-0.15, -0.1) is 11.8 Å². The Morgan fingerprint density at radius 1 is 1.54 bits per heavy atom. The van der Waals surface area contributed by atoms with Gasteiger partial charge in [0.25, 0.3) is 6.04 Å². The fraction of sp³-hybridized carbons (Fsp3) is 1.00. The first-order valence-electron chi connectivity index (χ1n) is 4.27. The van der Waals surface area contributed by atoms with E-state index in [9.17, 15) is 15.2 Å². The largest absolute Gasteiger partial charge is 0.385 e. The molecule has 0 amide bonds. The van der Waals surface area contributed by atoms with Gasteiger partial charge in [0.05, 0.1) is 5.25 Å². The van der Waals surface area contributed by atoms with Crippen LogP contribution in [0.25, 0.3) is 0 Å². The summed E-state index contributed by atoms with van der Waals surface area (Å²) in [6, 6.07) is -0.801. The van der Waals surface area contributed by atoms with E-state index in [0.29, 0.717) is 5.75 Å². The normalized spacial score (nSPS) is 34.9. The van der Waals surface area contributed by atoms with Crippen LogP contribution in [0.3, 0.4) is 0 Å². The molecule has 1 rings (SSSR count). The maximum Gasteiger partial charge on any atom is 0.251 e. The Kier molecular flexibility index (Phi) is 2.87. The van der Waals surface area contributed by atoms with Crippen LogP contribution in [0.2, 0.25) is 0 Å². The summed E-state index contributed by atoms with van der Waals surface area (Å²) in [5, 5.41) is 20.0. The van der Waals surface area contributed by atoms with Crippen LogP contribution in [0.15, 0.2) is 0 Å². The van der Waals surface area contributed by atoms with Crippen LogP contribution in [-0.4, -0.2) is 33.2 Å². The maximum atomic E-state index is 10.7. The highest BCUT2D eigenvalue weighted by molar-refractivity contribution is 8.00. The van der Waals surface area contributed by atoms with E-state index in [1.165, 1.54) is 11.8 Å². The summed E-state index contributed by atoms with van der Waals surface area (Å²) in [6.45, 7) is 5.91. The first kappa shape index (κ1) is 10.8. The van der Waals surface area contributed by atoms with Gasteiger partial charge < -0.3 is 5.11 Å². The van der Waals surface area contributed by atoms with Crippen LogP contribution in [0.4, 0.5) is 0 Å². The van der Waals surface area contributed by atoms with Crippen LogP contribution in [-0.2, 0) is 0 Å². The monoisotopic (exact) mass is 205 g/mol. The number of nitrogens with zero attached hydrogens (tertiary/aromatic N) is 1. The molecule has 1 unspecified atom stereocenters. The SMILES string of the molecule is CC(C)(C)[C@H]1SCC(O)[C@@H]1[N+](=O)[O-]. The predicted molar refractivity (Wildman–Crippen MR) is 52.5 cm³/mol. The van der Waals surface area contributed by atoms with E-state index in [1.807, 2.05) is 20.8 Å². The van der Waals surface area contributed by atoms with Gasteiger partial charge in [-0.2, -0.15) is 0 Å². The third-order valence-electron chi connectivity index (χ3n) is 2.25. The van der Waals surface area contributed by atoms with Gasteiger partial charge in [-0.25, -0.2) is 0 Å². The molecule has 0 aromatic rings. The zero-order chi connectivity index (χ0) is 10.2. The fourth-order valence-electron chi connectivity index (χ4n) is 1.61. The zero-order valence-corrected chi connectivity index (χ0v) is 8.87. The minimum atomic E-state index is -0.801. The lowest BCUT2D eigenvalue weighted by atomic mass is 9.86. The van der Waals surface area contributed by atoms with Gasteiger partial charge in [0.1, 0.15) is 6.10 Å². The van der Waals surface area contributed by atoms with Gasteiger partial charge in [-0.3, -0.25) is 10.1 Å². The molecule has 76 valence electrons. The molecule has 1 aliphatic heterocycles. The van der Waals surface area contributed by atoms with Crippen molar-refractivity contribution in [2.24, 2.45) is 5.41 Å². The van der Waals surface area contributed by atoms with Gasteiger partial charge >= 0.3 is 0 Å². The van der Waals surface area contributed by atoms with Gasteiger partial charge in [0.2, 0.25) is 0 Å². The van der Waals surface area contributed by atoms with Gasteiger partial charge in [0.15, 0.2) is 0 Å². The van der Waals surface area contributed by atoms with E-state index in [1.54, 1.807) is 0 Å². The minimum Gasteiger partial charge on any atom is -0.385 e. The average molecular weight is 205 g/mol. The Balaban J connectivity index is 2.82. The van der Waals surface area contributed by atoms with Gasteiger partial charge in [0, 0.05) is 10.7 Å². The molecule has 0 radical (unpaired) electrons. The fourth-order valence-corrected chi connectivity index (χ4v) is 3.19. The highest BCUT2D eigenvalue weighted by Crippen LogP contribution is 2.40. The lowest BCUT2D eigenvalue weighted by Gasteiger charge is -2.27. The Labute approximate surface area is 81.9 Å². The summed E-state index contributed by atoms with van der Waals surface area (Å²) in [4.78, 5) is 10.4. The molecule has 4 nitrogen and oxygen atoms in total. The van der Waals surface area contributed by atoms with E-state index in [4.69, 9.17) is 0 Å². The van der Waals surface area contributed by atoms with Crippen molar-refractivity contribution in [3.05, 3.63) is 10.1 Å². The Bertz CT molecular complexity index is 214. The van der Waals surface area contributed by atoms with Crippen molar-refractivity contribution < 1.29 is 10.0 Å². The number of nitro groups is 1. The Morgan fingerprint density at radius 3 is 2.38 bits per heavy atom. The molecule has 0 saturated carbocycles. The zero-order valence-electron chi connectivity index (χ0n) is 8.06. The van der Waals surface area contributed by atoms with Crippen LogP contribution in [0.1, 0.15) is 20.8 Å². The average Bonchev–Trinajstić information content (AvgIpc) is 2.28. The molecule has 1 fully saturated rings. The lowest BCUT2D eigenvalue weighted by molar-refractivity contribution is -0.533. The molecule has 1 N–H and O–H groups in total. The molecule has 0 aliphatic carbocycles. The molecule has 1 saturated heterocycles.